The molecule has 0 spiro atoms. The van der Waals surface area contributed by atoms with Gasteiger partial charge in [-0.25, -0.2) is 0 Å². The number of fused-ring (bicyclic) bond motifs is 1. The molecule has 0 aliphatic carbocycles. The molecule has 6 heteroatoms. The quantitative estimate of drug-likeness (QED) is 0.864. The molecule has 0 saturated carbocycles. The molecular formula is C22H25N3O2S. The van der Waals surface area contributed by atoms with E-state index in [2.05, 4.69) is 34.5 Å². The maximum absolute atomic E-state index is 12.8. The van der Waals surface area contributed by atoms with E-state index in [0.29, 0.717) is 5.75 Å². The predicted molar refractivity (Wildman–Crippen MR) is 112 cm³/mol. The average molecular weight is 396 g/mol. The molecule has 2 heterocycles. The van der Waals surface area contributed by atoms with E-state index in [4.69, 9.17) is 0 Å². The minimum absolute atomic E-state index is 0.0477. The summed E-state index contributed by atoms with van der Waals surface area (Å²) in [5.41, 5.74) is 2.15. The summed E-state index contributed by atoms with van der Waals surface area (Å²) < 4.78 is 0. The summed E-state index contributed by atoms with van der Waals surface area (Å²) in [4.78, 5) is 30.7. The molecule has 146 valence electrons. The van der Waals surface area contributed by atoms with E-state index in [0.717, 1.165) is 43.3 Å². The van der Waals surface area contributed by atoms with Gasteiger partial charge in [-0.15, -0.1) is 11.8 Å². The van der Waals surface area contributed by atoms with Crippen molar-refractivity contribution in [1.29, 1.82) is 0 Å². The van der Waals surface area contributed by atoms with E-state index >= 15 is 0 Å². The van der Waals surface area contributed by atoms with E-state index in [-0.39, 0.29) is 24.2 Å². The van der Waals surface area contributed by atoms with Gasteiger partial charge < -0.3 is 10.2 Å². The van der Waals surface area contributed by atoms with Crippen molar-refractivity contribution < 1.29 is 9.59 Å². The lowest BCUT2D eigenvalue weighted by Gasteiger charge is -2.35. The van der Waals surface area contributed by atoms with Crippen molar-refractivity contribution in [2.75, 3.05) is 37.2 Å². The lowest BCUT2D eigenvalue weighted by atomic mass is 10.1. The molecule has 1 saturated heterocycles. The Morgan fingerprint density at radius 3 is 2.50 bits per heavy atom. The highest BCUT2D eigenvalue weighted by atomic mass is 32.2. The maximum Gasteiger partial charge on any atom is 0.228 e. The zero-order valence-electron chi connectivity index (χ0n) is 15.8. The van der Waals surface area contributed by atoms with Crippen LogP contribution in [0.5, 0.6) is 0 Å². The summed E-state index contributed by atoms with van der Waals surface area (Å²) in [5.74, 6) is 0.398. The SMILES string of the molecule is O=C1Nc2ccccc2SC[C@H]1CC(=O)N1CCN(Cc2ccccc2)CC1. The van der Waals surface area contributed by atoms with Crippen molar-refractivity contribution in [1.82, 2.24) is 9.80 Å². The number of nitrogens with zero attached hydrogens (tertiary/aromatic N) is 2. The number of rotatable bonds is 4. The van der Waals surface area contributed by atoms with Gasteiger partial charge in [0.25, 0.3) is 0 Å². The number of benzene rings is 2. The third kappa shape index (κ3) is 4.56. The second-order valence-electron chi connectivity index (χ2n) is 7.34. The molecule has 2 amide bonds. The van der Waals surface area contributed by atoms with Gasteiger partial charge in [0, 0.05) is 49.8 Å². The third-order valence-corrected chi connectivity index (χ3v) is 6.59. The summed E-state index contributed by atoms with van der Waals surface area (Å²) in [6.07, 6.45) is 0.283. The van der Waals surface area contributed by atoms with Gasteiger partial charge in [0.1, 0.15) is 0 Å². The maximum atomic E-state index is 12.8. The third-order valence-electron chi connectivity index (χ3n) is 5.35. The van der Waals surface area contributed by atoms with Gasteiger partial charge in [-0.2, -0.15) is 0 Å². The molecule has 4 rings (SSSR count). The second-order valence-corrected chi connectivity index (χ2v) is 8.40. The molecule has 2 aromatic rings. The van der Waals surface area contributed by atoms with Crippen LogP contribution in [0.2, 0.25) is 0 Å². The van der Waals surface area contributed by atoms with Crippen molar-refractivity contribution in [3.05, 3.63) is 60.2 Å². The molecule has 1 N–H and O–H groups in total. The number of carbonyl (C=O) groups excluding carboxylic acids is 2. The van der Waals surface area contributed by atoms with Crippen LogP contribution in [0.1, 0.15) is 12.0 Å². The van der Waals surface area contributed by atoms with Gasteiger partial charge >= 0.3 is 0 Å². The molecule has 2 aliphatic rings. The standard InChI is InChI=1S/C22H25N3O2S/c26-21(14-18-16-28-20-9-5-4-8-19(20)23-22(18)27)25-12-10-24(11-13-25)15-17-6-2-1-3-7-17/h1-9,18H,10-16H2,(H,23,27)/t18-/m1/s1. The van der Waals surface area contributed by atoms with Crippen LogP contribution in [0.15, 0.2) is 59.5 Å². The Morgan fingerprint density at radius 1 is 1.00 bits per heavy atom. The zero-order chi connectivity index (χ0) is 19.3. The van der Waals surface area contributed by atoms with Crippen molar-refractivity contribution in [2.24, 2.45) is 5.92 Å². The van der Waals surface area contributed by atoms with E-state index in [1.54, 1.807) is 11.8 Å². The number of hydrogen-bond acceptors (Lipinski definition) is 4. The van der Waals surface area contributed by atoms with E-state index in [1.807, 2.05) is 35.2 Å². The van der Waals surface area contributed by atoms with Gasteiger partial charge in [-0.1, -0.05) is 42.5 Å². The van der Waals surface area contributed by atoms with Crippen LogP contribution in [-0.4, -0.2) is 53.5 Å². The topological polar surface area (TPSA) is 52.7 Å². The monoisotopic (exact) mass is 395 g/mol. The molecule has 1 fully saturated rings. The fourth-order valence-electron chi connectivity index (χ4n) is 3.69. The molecule has 5 nitrogen and oxygen atoms in total. The Labute approximate surface area is 170 Å². The molecule has 2 aliphatic heterocycles. The summed E-state index contributed by atoms with van der Waals surface area (Å²) >= 11 is 1.65. The Morgan fingerprint density at radius 2 is 1.71 bits per heavy atom. The summed E-state index contributed by atoms with van der Waals surface area (Å²) in [6.45, 7) is 4.12. The Balaban J connectivity index is 1.28. The molecule has 0 bridgehead atoms. The van der Waals surface area contributed by atoms with E-state index < -0.39 is 0 Å². The highest BCUT2D eigenvalue weighted by Gasteiger charge is 2.29. The Kier molecular flexibility index (Phi) is 5.98. The Hall–Kier alpha value is -2.31. The van der Waals surface area contributed by atoms with Crippen molar-refractivity contribution in [2.45, 2.75) is 17.9 Å². The van der Waals surface area contributed by atoms with E-state index in [1.165, 1.54) is 5.56 Å². The highest BCUT2D eigenvalue weighted by Crippen LogP contribution is 2.33. The number of carbonyl (C=O) groups is 2. The molecule has 0 radical (unpaired) electrons. The zero-order valence-corrected chi connectivity index (χ0v) is 16.7. The highest BCUT2D eigenvalue weighted by molar-refractivity contribution is 7.99. The number of nitrogens with one attached hydrogen (secondary N) is 1. The van der Waals surface area contributed by atoms with E-state index in [9.17, 15) is 9.59 Å². The van der Waals surface area contributed by atoms with Crippen molar-refractivity contribution in [3.8, 4) is 0 Å². The van der Waals surface area contributed by atoms with Gasteiger partial charge in [0.05, 0.1) is 11.6 Å². The molecular weight excluding hydrogens is 370 g/mol. The first-order chi connectivity index (χ1) is 13.7. The van der Waals surface area contributed by atoms with Crippen LogP contribution in [0, 0.1) is 5.92 Å². The number of piperazine rings is 1. The number of thioether (sulfide) groups is 1. The Bertz CT molecular complexity index is 835. The van der Waals surface area contributed by atoms with Crippen LogP contribution in [-0.2, 0) is 16.1 Å². The average Bonchev–Trinajstić information content (AvgIpc) is 2.88. The first-order valence-corrected chi connectivity index (χ1v) is 10.7. The molecule has 0 aromatic heterocycles. The van der Waals surface area contributed by atoms with Crippen molar-refractivity contribution >= 4 is 29.3 Å². The fraction of sp³-hybridized carbons (Fsp3) is 0.364. The first-order valence-electron chi connectivity index (χ1n) is 9.76. The molecule has 2 aromatic carbocycles. The number of para-hydroxylation sites is 1. The minimum Gasteiger partial charge on any atom is -0.340 e. The largest absolute Gasteiger partial charge is 0.340 e. The second kappa shape index (κ2) is 8.80. The van der Waals surface area contributed by atoms with Crippen LogP contribution in [0.4, 0.5) is 5.69 Å². The van der Waals surface area contributed by atoms with Gasteiger partial charge in [-0.05, 0) is 17.7 Å². The summed E-state index contributed by atoms with van der Waals surface area (Å²) in [7, 11) is 0. The number of anilines is 1. The van der Waals surface area contributed by atoms with Crippen LogP contribution < -0.4 is 5.32 Å². The van der Waals surface area contributed by atoms with Gasteiger partial charge in [-0.3, -0.25) is 14.5 Å². The smallest absolute Gasteiger partial charge is 0.228 e. The lowest BCUT2D eigenvalue weighted by Crippen LogP contribution is -2.49. The minimum atomic E-state index is -0.285. The molecule has 28 heavy (non-hydrogen) atoms. The first kappa shape index (κ1) is 19.0. The van der Waals surface area contributed by atoms with Crippen LogP contribution >= 0.6 is 11.8 Å². The van der Waals surface area contributed by atoms with Crippen LogP contribution in [0.25, 0.3) is 0 Å². The van der Waals surface area contributed by atoms with Gasteiger partial charge in [0.2, 0.25) is 11.8 Å². The number of amides is 2. The fourth-order valence-corrected chi connectivity index (χ4v) is 4.78. The molecule has 1 atom stereocenters. The predicted octanol–water partition coefficient (Wildman–Crippen LogP) is 3.08. The summed E-state index contributed by atoms with van der Waals surface area (Å²) in [6, 6.07) is 18.2. The number of hydrogen-bond donors (Lipinski definition) is 1. The normalized spacial score (nSPS) is 20.2. The van der Waals surface area contributed by atoms with Crippen LogP contribution in [0.3, 0.4) is 0 Å². The molecule has 0 unspecified atom stereocenters. The lowest BCUT2D eigenvalue weighted by molar-refractivity contribution is -0.136. The summed E-state index contributed by atoms with van der Waals surface area (Å²) in [5, 5.41) is 2.98. The van der Waals surface area contributed by atoms with Crippen molar-refractivity contribution in [3.63, 3.8) is 0 Å². The van der Waals surface area contributed by atoms with Gasteiger partial charge in [0.15, 0.2) is 0 Å².